The van der Waals surface area contributed by atoms with Gasteiger partial charge in [-0.25, -0.2) is 0 Å². The second kappa shape index (κ2) is 7.34. The average Bonchev–Trinajstić information content (AvgIpc) is 3.08. The Bertz CT molecular complexity index is 541. The summed E-state index contributed by atoms with van der Waals surface area (Å²) in [4.78, 5) is 15.3. The highest BCUT2D eigenvalue weighted by atomic mass is 16.7. The van der Waals surface area contributed by atoms with Crippen molar-refractivity contribution < 1.29 is 14.3 Å². The van der Waals surface area contributed by atoms with E-state index in [1.54, 1.807) is 0 Å². The number of carbonyl (C=O) groups excluding carboxylic acids is 1. The van der Waals surface area contributed by atoms with Crippen molar-refractivity contribution in [3.05, 3.63) is 35.9 Å². The molecule has 1 aromatic carbocycles. The maximum Gasteiger partial charge on any atom is 0.164 e. The number of piperidine rings is 2. The van der Waals surface area contributed by atoms with Gasteiger partial charge in [-0.15, -0.1) is 0 Å². The van der Waals surface area contributed by atoms with Gasteiger partial charge in [0.15, 0.2) is 6.29 Å². The highest BCUT2D eigenvalue weighted by Crippen LogP contribution is 2.39. The SMILES string of the molecule is O=C(CC1OCCO1)C1CC2CCCC(C1)N2Cc1ccccc1. The van der Waals surface area contributed by atoms with Crippen LogP contribution in [0.1, 0.15) is 44.1 Å². The third-order valence-corrected chi connectivity index (χ3v) is 5.85. The van der Waals surface area contributed by atoms with Gasteiger partial charge in [0.2, 0.25) is 0 Å². The van der Waals surface area contributed by atoms with Crippen molar-refractivity contribution >= 4 is 5.78 Å². The summed E-state index contributed by atoms with van der Waals surface area (Å²) >= 11 is 0. The Labute approximate surface area is 144 Å². The lowest BCUT2D eigenvalue weighted by atomic mass is 9.76. The highest BCUT2D eigenvalue weighted by molar-refractivity contribution is 5.81. The molecule has 0 aliphatic carbocycles. The van der Waals surface area contributed by atoms with Gasteiger partial charge in [0.1, 0.15) is 5.78 Å². The van der Waals surface area contributed by atoms with Crippen molar-refractivity contribution in [2.24, 2.45) is 5.92 Å². The minimum absolute atomic E-state index is 0.195. The molecular weight excluding hydrogens is 302 g/mol. The fourth-order valence-electron chi connectivity index (χ4n) is 4.65. The van der Waals surface area contributed by atoms with Crippen LogP contribution in [-0.2, 0) is 20.8 Å². The average molecular weight is 329 g/mol. The Morgan fingerprint density at radius 2 is 1.71 bits per heavy atom. The number of fused-ring (bicyclic) bond motifs is 2. The second-order valence-electron chi connectivity index (χ2n) is 7.41. The number of carbonyl (C=O) groups is 1. The van der Waals surface area contributed by atoms with Gasteiger partial charge in [-0.1, -0.05) is 36.8 Å². The van der Waals surface area contributed by atoms with E-state index in [2.05, 4.69) is 35.2 Å². The van der Waals surface area contributed by atoms with E-state index in [-0.39, 0.29) is 12.2 Å². The van der Waals surface area contributed by atoms with Gasteiger partial charge >= 0.3 is 0 Å². The molecule has 0 amide bonds. The summed E-state index contributed by atoms with van der Waals surface area (Å²) in [6, 6.07) is 11.8. The number of ketones is 1. The lowest BCUT2D eigenvalue weighted by Gasteiger charge is -2.48. The Kier molecular flexibility index (Phi) is 4.97. The van der Waals surface area contributed by atoms with Crippen molar-refractivity contribution in [3.63, 3.8) is 0 Å². The summed E-state index contributed by atoms with van der Waals surface area (Å²) in [6.45, 7) is 2.27. The molecule has 24 heavy (non-hydrogen) atoms. The first-order valence-corrected chi connectivity index (χ1v) is 9.35. The molecule has 3 heterocycles. The molecule has 0 saturated carbocycles. The Morgan fingerprint density at radius 3 is 2.38 bits per heavy atom. The molecule has 0 radical (unpaired) electrons. The fourth-order valence-corrected chi connectivity index (χ4v) is 4.65. The van der Waals surface area contributed by atoms with Gasteiger partial charge in [0, 0.05) is 24.5 Å². The third kappa shape index (κ3) is 3.56. The smallest absolute Gasteiger partial charge is 0.164 e. The van der Waals surface area contributed by atoms with E-state index in [0.717, 1.165) is 19.4 Å². The van der Waals surface area contributed by atoms with E-state index in [4.69, 9.17) is 9.47 Å². The van der Waals surface area contributed by atoms with E-state index < -0.39 is 0 Å². The van der Waals surface area contributed by atoms with Gasteiger partial charge in [0.05, 0.1) is 19.6 Å². The molecule has 4 heteroatoms. The van der Waals surface area contributed by atoms with E-state index in [0.29, 0.717) is 37.5 Å². The van der Waals surface area contributed by atoms with Crippen molar-refractivity contribution in [2.75, 3.05) is 13.2 Å². The molecule has 2 atom stereocenters. The van der Waals surface area contributed by atoms with Gasteiger partial charge in [-0.05, 0) is 31.2 Å². The van der Waals surface area contributed by atoms with Crippen LogP contribution in [0.4, 0.5) is 0 Å². The molecule has 130 valence electrons. The Balaban J connectivity index is 1.39. The molecule has 3 aliphatic heterocycles. The predicted octanol–water partition coefficient (Wildman–Crippen LogP) is 3.15. The summed E-state index contributed by atoms with van der Waals surface area (Å²) in [5, 5.41) is 0. The normalized spacial score (nSPS) is 31.2. The number of nitrogens with zero attached hydrogens (tertiary/aromatic N) is 1. The van der Waals surface area contributed by atoms with Crippen LogP contribution in [-0.4, -0.2) is 42.3 Å². The highest BCUT2D eigenvalue weighted by Gasteiger charge is 2.40. The molecule has 2 bridgehead atoms. The molecule has 0 spiro atoms. The number of benzene rings is 1. The first-order valence-electron chi connectivity index (χ1n) is 9.35. The number of hydrogen-bond acceptors (Lipinski definition) is 4. The molecule has 3 saturated heterocycles. The summed E-state index contributed by atoms with van der Waals surface area (Å²) in [5.74, 6) is 0.540. The molecule has 4 rings (SSSR count). The van der Waals surface area contributed by atoms with Gasteiger partial charge in [-0.3, -0.25) is 9.69 Å². The van der Waals surface area contributed by atoms with E-state index >= 15 is 0 Å². The largest absolute Gasteiger partial charge is 0.350 e. The quantitative estimate of drug-likeness (QED) is 0.832. The number of Topliss-reactive ketones (excluding diaryl/α,β-unsaturated/α-hetero) is 1. The summed E-state index contributed by atoms with van der Waals surface area (Å²) in [5.41, 5.74) is 1.38. The molecule has 2 unspecified atom stereocenters. The molecule has 3 aliphatic rings. The molecular formula is C20H27NO3. The monoisotopic (exact) mass is 329 g/mol. The zero-order valence-electron chi connectivity index (χ0n) is 14.2. The van der Waals surface area contributed by atoms with Crippen molar-refractivity contribution in [2.45, 2.75) is 63.4 Å². The predicted molar refractivity (Wildman–Crippen MR) is 91.5 cm³/mol. The number of ether oxygens (including phenoxy) is 2. The number of hydrogen-bond donors (Lipinski definition) is 0. The number of rotatable bonds is 5. The van der Waals surface area contributed by atoms with Crippen LogP contribution in [0.25, 0.3) is 0 Å². The zero-order chi connectivity index (χ0) is 16.4. The fraction of sp³-hybridized carbons (Fsp3) is 0.650. The maximum absolute atomic E-state index is 12.7. The summed E-state index contributed by atoms with van der Waals surface area (Å²) in [6.07, 6.45) is 5.91. The van der Waals surface area contributed by atoms with Crippen LogP contribution in [0, 0.1) is 5.92 Å². The standard InChI is InChI=1S/C20H27NO3/c22-19(13-20-23-9-10-24-20)16-11-17-7-4-8-18(12-16)21(17)14-15-5-2-1-3-6-15/h1-3,5-6,16-18,20H,4,7-14H2. The third-order valence-electron chi connectivity index (χ3n) is 5.85. The minimum atomic E-state index is -0.292. The van der Waals surface area contributed by atoms with Crippen LogP contribution >= 0.6 is 0 Å². The van der Waals surface area contributed by atoms with Gasteiger partial charge in [0.25, 0.3) is 0 Å². The van der Waals surface area contributed by atoms with Gasteiger partial charge < -0.3 is 9.47 Å². The molecule has 0 N–H and O–H groups in total. The van der Waals surface area contributed by atoms with Gasteiger partial charge in [-0.2, -0.15) is 0 Å². The van der Waals surface area contributed by atoms with Crippen LogP contribution in [0.5, 0.6) is 0 Å². The van der Waals surface area contributed by atoms with Crippen molar-refractivity contribution in [1.29, 1.82) is 0 Å². The van der Waals surface area contributed by atoms with Crippen molar-refractivity contribution in [1.82, 2.24) is 4.90 Å². The van der Waals surface area contributed by atoms with Crippen LogP contribution in [0.15, 0.2) is 30.3 Å². The van der Waals surface area contributed by atoms with E-state index in [9.17, 15) is 4.79 Å². The van der Waals surface area contributed by atoms with Crippen LogP contribution in [0.3, 0.4) is 0 Å². The zero-order valence-corrected chi connectivity index (χ0v) is 14.2. The minimum Gasteiger partial charge on any atom is -0.350 e. The maximum atomic E-state index is 12.7. The molecule has 0 aromatic heterocycles. The van der Waals surface area contributed by atoms with E-state index in [1.807, 2.05) is 0 Å². The lowest BCUT2D eigenvalue weighted by Crippen LogP contribution is -2.52. The van der Waals surface area contributed by atoms with Crippen LogP contribution in [0.2, 0.25) is 0 Å². The Hall–Kier alpha value is -1.23. The summed E-state index contributed by atoms with van der Waals surface area (Å²) in [7, 11) is 0. The lowest BCUT2D eigenvalue weighted by molar-refractivity contribution is -0.135. The van der Waals surface area contributed by atoms with E-state index in [1.165, 1.54) is 24.8 Å². The molecule has 4 nitrogen and oxygen atoms in total. The Morgan fingerprint density at radius 1 is 1.04 bits per heavy atom. The topological polar surface area (TPSA) is 38.8 Å². The second-order valence-corrected chi connectivity index (χ2v) is 7.41. The van der Waals surface area contributed by atoms with Crippen LogP contribution < -0.4 is 0 Å². The molecule has 1 aromatic rings. The first kappa shape index (κ1) is 16.2. The van der Waals surface area contributed by atoms with Crippen molar-refractivity contribution in [3.8, 4) is 0 Å². The first-order chi connectivity index (χ1) is 11.8. The summed E-state index contributed by atoms with van der Waals surface area (Å²) < 4.78 is 10.9. The molecule has 3 fully saturated rings.